The van der Waals surface area contributed by atoms with Crippen LogP contribution in [-0.2, 0) is 11.2 Å². The molecule has 1 fully saturated rings. The van der Waals surface area contributed by atoms with Crippen LogP contribution in [-0.4, -0.2) is 29.0 Å². The molecule has 3 heterocycles. The Labute approximate surface area is 173 Å². The number of benzene rings is 1. The van der Waals surface area contributed by atoms with Crippen molar-refractivity contribution < 1.29 is 4.79 Å². The summed E-state index contributed by atoms with van der Waals surface area (Å²) < 4.78 is 0. The Morgan fingerprint density at radius 3 is 3.07 bits per heavy atom. The van der Waals surface area contributed by atoms with Gasteiger partial charge in [-0.05, 0) is 49.9 Å². The van der Waals surface area contributed by atoms with Crippen LogP contribution in [0, 0.1) is 12.8 Å². The number of fused-ring (bicyclic) bond motifs is 1. The number of hydrogen-bond donors (Lipinski definition) is 1. The summed E-state index contributed by atoms with van der Waals surface area (Å²) >= 11 is 7.90. The molecular weight excluding hydrogens is 392 g/mol. The molecule has 1 atom stereocenters. The molecule has 1 amide bonds. The molecule has 0 unspecified atom stereocenters. The van der Waals surface area contributed by atoms with Gasteiger partial charge in [-0.25, -0.2) is 9.97 Å². The van der Waals surface area contributed by atoms with E-state index in [1.165, 1.54) is 4.88 Å². The first-order valence-corrected chi connectivity index (χ1v) is 10.8. The van der Waals surface area contributed by atoms with Crippen molar-refractivity contribution in [3.8, 4) is 0 Å². The van der Waals surface area contributed by atoms with E-state index in [0.717, 1.165) is 53.1 Å². The predicted octanol–water partition coefficient (Wildman–Crippen LogP) is 5.07. The van der Waals surface area contributed by atoms with Gasteiger partial charge in [0.2, 0.25) is 5.91 Å². The van der Waals surface area contributed by atoms with Gasteiger partial charge in [-0.1, -0.05) is 24.6 Å². The minimum Gasteiger partial charge on any atom is -0.355 e. The third-order valence-corrected chi connectivity index (χ3v) is 6.92. The molecule has 0 saturated carbocycles. The third-order valence-electron chi connectivity index (χ3n) is 5.33. The van der Waals surface area contributed by atoms with E-state index in [4.69, 9.17) is 11.6 Å². The van der Waals surface area contributed by atoms with Crippen LogP contribution in [0.15, 0.2) is 30.6 Å². The quantitative estimate of drug-likeness (QED) is 0.647. The molecule has 0 bridgehead atoms. The van der Waals surface area contributed by atoms with E-state index in [-0.39, 0.29) is 11.8 Å². The van der Waals surface area contributed by atoms with Gasteiger partial charge in [-0.2, -0.15) is 0 Å². The van der Waals surface area contributed by atoms with Crippen molar-refractivity contribution in [3.05, 3.63) is 46.1 Å². The highest BCUT2D eigenvalue weighted by atomic mass is 35.5. The molecule has 1 aromatic carbocycles. The summed E-state index contributed by atoms with van der Waals surface area (Å²) in [6.45, 7) is 5.64. The van der Waals surface area contributed by atoms with E-state index in [0.29, 0.717) is 11.6 Å². The van der Waals surface area contributed by atoms with Gasteiger partial charge in [-0.15, -0.1) is 11.3 Å². The maximum absolute atomic E-state index is 12.9. The molecule has 0 radical (unpaired) electrons. The number of carbonyl (C=O) groups excluding carboxylic acids is 1. The third kappa shape index (κ3) is 3.71. The number of hydrogen-bond acceptors (Lipinski definition) is 5. The average molecular weight is 415 g/mol. The zero-order chi connectivity index (χ0) is 19.7. The molecule has 3 aromatic rings. The second-order valence-corrected chi connectivity index (χ2v) is 8.69. The fourth-order valence-electron chi connectivity index (χ4n) is 3.68. The fourth-order valence-corrected chi connectivity index (χ4v) is 4.78. The Bertz CT molecular complexity index is 1020. The zero-order valence-electron chi connectivity index (χ0n) is 16.0. The molecule has 1 aliphatic rings. The van der Waals surface area contributed by atoms with Gasteiger partial charge in [0.1, 0.15) is 17.0 Å². The van der Waals surface area contributed by atoms with Crippen molar-refractivity contribution in [3.63, 3.8) is 0 Å². The number of aromatic nitrogens is 2. The van der Waals surface area contributed by atoms with Gasteiger partial charge in [0.15, 0.2) is 0 Å². The summed E-state index contributed by atoms with van der Waals surface area (Å²) in [6, 6.07) is 7.78. The minimum atomic E-state index is -0.0820. The lowest BCUT2D eigenvalue weighted by Gasteiger charge is -2.33. The fraction of sp³-hybridized carbons (Fsp3) is 0.381. The maximum Gasteiger partial charge on any atom is 0.229 e. The summed E-state index contributed by atoms with van der Waals surface area (Å²) in [5.41, 5.74) is 1.68. The van der Waals surface area contributed by atoms with Crippen LogP contribution in [0.1, 0.15) is 30.2 Å². The molecule has 28 heavy (non-hydrogen) atoms. The van der Waals surface area contributed by atoms with Crippen molar-refractivity contribution >= 4 is 50.6 Å². The molecule has 146 valence electrons. The molecule has 4 rings (SSSR count). The Kier molecular flexibility index (Phi) is 5.51. The SMILES string of the molecule is CCc1cc2c(N3CCC[C@H](C(=O)Nc4cccc(Cl)c4C)C3)ncnc2s1. The number of nitrogens with zero attached hydrogens (tertiary/aromatic N) is 3. The summed E-state index contributed by atoms with van der Waals surface area (Å²) in [6.07, 6.45) is 4.46. The normalized spacial score (nSPS) is 17.1. The average Bonchev–Trinajstić information content (AvgIpc) is 3.15. The van der Waals surface area contributed by atoms with Crippen LogP contribution in [0.25, 0.3) is 10.2 Å². The summed E-state index contributed by atoms with van der Waals surface area (Å²) in [5, 5.41) is 4.82. The highest BCUT2D eigenvalue weighted by molar-refractivity contribution is 7.18. The van der Waals surface area contributed by atoms with Crippen molar-refractivity contribution in [1.29, 1.82) is 0 Å². The Morgan fingerprint density at radius 1 is 1.39 bits per heavy atom. The topological polar surface area (TPSA) is 58.1 Å². The second-order valence-electron chi connectivity index (χ2n) is 7.17. The number of nitrogens with one attached hydrogen (secondary N) is 1. The predicted molar refractivity (Wildman–Crippen MR) is 117 cm³/mol. The lowest BCUT2D eigenvalue weighted by atomic mass is 9.96. The first-order valence-electron chi connectivity index (χ1n) is 9.61. The van der Waals surface area contributed by atoms with E-state index < -0.39 is 0 Å². The van der Waals surface area contributed by atoms with Gasteiger partial charge in [0.25, 0.3) is 0 Å². The van der Waals surface area contributed by atoms with Crippen LogP contribution in [0.4, 0.5) is 11.5 Å². The number of aryl methyl sites for hydroxylation is 1. The van der Waals surface area contributed by atoms with Crippen LogP contribution in [0.3, 0.4) is 0 Å². The first kappa shape index (κ1) is 19.2. The molecule has 1 saturated heterocycles. The van der Waals surface area contributed by atoms with E-state index in [2.05, 4.69) is 33.2 Å². The van der Waals surface area contributed by atoms with Gasteiger partial charge < -0.3 is 10.2 Å². The first-order chi connectivity index (χ1) is 13.6. The van der Waals surface area contributed by atoms with Gasteiger partial charge in [-0.3, -0.25) is 4.79 Å². The number of amides is 1. The number of rotatable bonds is 4. The molecule has 1 aliphatic heterocycles. The number of thiophene rings is 1. The van der Waals surface area contributed by atoms with Gasteiger partial charge >= 0.3 is 0 Å². The van der Waals surface area contributed by atoms with Crippen molar-refractivity contribution in [2.75, 3.05) is 23.3 Å². The van der Waals surface area contributed by atoms with E-state index >= 15 is 0 Å². The summed E-state index contributed by atoms with van der Waals surface area (Å²) in [4.78, 5) is 26.4. The molecule has 0 aliphatic carbocycles. The molecule has 0 spiro atoms. The maximum atomic E-state index is 12.9. The van der Waals surface area contributed by atoms with E-state index in [1.54, 1.807) is 17.7 Å². The second kappa shape index (κ2) is 8.05. The molecular formula is C21H23ClN4OS. The smallest absolute Gasteiger partial charge is 0.229 e. The van der Waals surface area contributed by atoms with E-state index in [1.807, 2.05) is 25.1 Å². The largest absolute Gasteiger partial charge is 0.355 e. The Morgan fingerprint density at radius 2 is 2.25 bits per heavy atom. The lowest BCUT2D eigenvalue weighted by Crippen LogP contribution is -2.41. The number of halogens is 1. The van der Waals surface area contributed by atoms with Crippen molar-refractivity contribution in [2.24, 2.45) is 5.92 Å². The van der Waals surface area contributed by atoms with Crippen LogP contribution < -0.4 is 10.2 Å². The minimum absolute atomic E-state index is 0.0416. The summed E-state index contributed by atoms with van der Waals surface area (Å²) in [7, 11) is 0. The summed E-state index contributed by atoms with van der Waals surface area (Å²) in [5.74, 6) is 0.902. The van der Waals surface area contributed by atoms with Gasteiger partial charge in [0, 0.05) is 28.7 Å². The zero-order valence-corrected chi connectivity index (χ0v) is 17.6. The monoisotopic (exact) mass is 414 g/mol. The number of carbonyl (C=O) groups is 1. The highest BCUT2D eigenvalue weighted by Gasteiger charge is 2.28. The van der Waals surface area contributed by atoms with Crippen LogP contribution in [0.2, 0.25) is 5.02 Å². The molecule has 2 aromatic heterocycles. The number of piperidine rings is 1. The van der Waals surface area contributed by atoms with Crippen LogP contribution >= 0.6 is 22.9 Å². The van der Waals surface area contributed by atoms with Crippen molar-refractivity contribution in [2.45, 2.75) is 33.1 Å². The standard InChI is InChI=1S/C21H23ClN4OS/c1-3-15-10-16-19(23-12-24-21(16)28-15)26-9-5-6-14(11-26)20(27)25-18-8-4-7-17(22)13(18)2/h4,7-8,10,12,14H,3,5-6,9,11H2,1-2H3,(H,25,27)/t14-/m0/s1. The molecule has 7 heteroatoms. The molecule has 5 nitrogen and oxygen atoms in total. The highest BCUT2D eigenvalue weighted by Crippen LogP contribution is 2.33. The van der Waals surface area contributed by atoms with Crippen LogP contribution in [0.5, 0.6) is 0 Å². The van der Waals surface area contributed by atoms with Gasteiger partial charge in [0.05, 0.1) is 11.3 Å². The lowest BCUT2D eigenvalue weighted by molar-refractivity contribution is -0.120. The Hall–Kier alpha value is -2.18. The number of anilines is 2. The molecule has 1 N–H and O–H groups in total. The Balaban J connectivity index is 1.54. The van der Waals surface area contributed by atoms with E-state index in [9.17, 15) is 4.79 Å². The van der Waals surface area contributed by atoms with Crippen molar-refractivity contribution in [1.82, 2.24) is 9.97 Å².